The average molecular weight is 296 g/mol. The van der Waals surface area contributed by atoms with Crippen molar-refractivity contribution < 1.29 is 13.0 Å². The number of nitrogens with one attached hydrogen (secondary N) is 1. The molecule has 7 heteroatoms. The van der Waals surface area contributed by atoms with Gasteiger partial charge in [0.2, 0.25) is 0 Å². The summed E-state index contributed by atoms with van der Waals surface area (Å²) in [5, 5.41) is -0.190. The van der Waals surface area contributed by atoms with Gasteiger partial charge in [-0.15, -0.1) is 0 Å². The quantitative estimate of drug-likeness (QED) is 0.662. The van der Waals surface area contributed by atoms with Gasteiger partial charge in [-0.1, -0.05) is 11.6 Å². The van der Waals surface area contributed by atoms with Gasteiger partial charge in [0.15, 0.2) is 0 Å². The van der Waals surface area contributed by atoms with E-state index in [1.54, 1.807) is 0 Å². The summed E-state index contributed by atoms with van der Waals surface area (Å²) in [5.74, 6) is -1.60. The van der Waals surface area contributed by atoms with Crippen LogP contribution < -0.4 is 0 Å². The molecule has 2 nitrogen and oxygen atoms in total. The maximum atomic E-state index is 13.5. The van der Waals surface area contributed by atoms with Crippen molar-refractivity contribution in [3.63, 3.8) is 0 Å². The van der Waals surface area contributed by atoms with Crippen molar-refractivity contribution >= 4 is 32.3 Å². The van der Waals surface area contributed by atoms with Crippen molar-refractivity contribution in [3.05, 3.63) is 41.1 Å². The lowest BCUT2D eigenvalue weighted by Crippen LogP contribution is -1.87. The van der Waals surface area contributed by atoms with Gasteiger partial charge in [0.1, 0.15) is 21.6 Å². The van der Waals surface area contributed by atoms with E-state index >= 15 is 0 Å². The zero-order valence-electron chi connectivity index (χ0n) is 8.14. The van der Waals surface area contributed by atoms with Crippen molar-refractivity contribution in [2.24, 2.45) is 0 Å². The van der Waals surface area contributed by atoms with E-state index in [0.717, 1.165) is 6.07 Å². The molecule has 1 atom stereocenters. The molecular weight excluding hydrogens is 291 g/mol. The molecule has 0 aliphatic heterocycles. The lowest BCUT2D eigenvalue weighted by molar-refractivity contribution is 0.585. The van der Waals surface area contributed by atoms with Crippen LogP contribution in [0, 0.1) is 11.6 Å². The normalized spacial score (nSPS) is 12.7. The molecule has 0 amide bonds. The van der Waals surface area contributed by atoms with Gasteiger partial charge in [-0.25, -0.2) is 13.0 Å². The Balaban J connectivity index is 2.52. The molecule has 1 aromatic heterocycles. The minimum Gasteiger partial charge on any atom is -0.360 e. The third-order valence-electron chi connectivity index (χ3n) is 2.14. The van der Waals surface area contributed by atoms with Crippen LogP contribution >= 0.6 is 22.3 Å². The van der Waals surface area contributed by atoms with Gasteiger partial charge in [-0.2, -0.15) is 0 Å². The molecule has 1 aromatic carbocycles. The second-order valence-electron chi connectivity index (χ2n) is 3.22. The standard InChI is InChI=1S/C10H5Cl2F2NOS/c11-7-2-6(8(13)3-9(7)14)10-1-5(4-15-10)17(12)16/h1-4,15H. The van der Waals surface area contributed by atoms with Crippen molar-refractivity contribution in [3.8, 4) is 11.3 Å². The van der Waals surface area contributed by atoms with Gasteiger partial charge in [0.05, 0.1) is 9.92 Å². The fourth-order valence-corrected chi connectivity index (χ4v) is 2.14. The van der Waals surface area contributed by atoms with Gasteiger partial charge in [0.25, 0.3) is 0 Å². The molecule has 2 rings (SSSR count). The number of rotatable bonds is 2. The van der Waals surface area contributed by atoms with E-state index in [2.05, 4.69) is 4.98 Å². The highest BCUT2D eigenvalue weighted by Gasteiger charge is 2.13. The van der Waals surface area contributed by atoms with Crippen LogP contribution in [0.2, 0.25) is 5.02 Å². The number of halogens is 4. The Bertz CT molecular complexity index is 600. The number of benzene rings is 1. The average Bonchev–Trinajstić information content (AvgIpc) is 2.72. The molecule has 0 fully saturated rings. The maximum absolute atomic E-state index is 13.5. The van der Waals surface area contributed by atoms with Crippen LogP contribution in [-0.4, -0.2) is 9.19 Å². The van der Waals surface area contributed by atoms with Crippen LogP contribution in [0.1, 0.15) is 0 Å². The van der Waals surface area contributed by atoms with Crippen LogP contribution in [0.3, 0.4) is 0 Å². The lowest BCUT2D eigenvalue weighted by atomic mass is 10.1. The van der Waals surface area contributed by atoms with Crippen molar-refractivity contribution in [1.29, 1.82) is 0 Å². The van der Waals surface area contributed by atoms with Crippen LogP contribution in [0.5, 0.6) is 0 Å². The number of aromatic amines is 1. The van der Waals surface area contributed by atoms with Gasteiger partial charge >= 0.3 is 0 Å². The summed E-state index contributed by atoms with van der Waals surface area (Å²) >= 11 is 5.56. The van der Waals surface area contributed by atoms with E-state index in [0.29, 0.717) is 16.7 Å². The second-order valence-corrected chi connectivity index (χ2v) is 5.39. The van der Waals surface area contributed by atoms with E-state index in [1.807, 2.05) is 0 Å². The summed E-state index contributed by atoms with van der Waals surface area (Å²) in [4.78, 5) is 3.00. The molecule has 90 valence electrons. The van der Waals surface area contributed by atoms with Gasteiger partial charge in [0, 0.05) is 23.5 Å². The third-order valence-corrected chi connectivity index (χ3v) is 3.57. The van der Waals surface area contributed by atoms with E-state index in [1.165, 1.54) is 12.3 Å². The van der Waals surface area contributed by atoms with E-state index in [9.17, 15) is 13.0 Å². The summed E-state index contributed by atoms with van der Waals surface area (Å²) < 4.78 is 37.4. The molecule has 1 unspecified atom stereocenters. The fourth-order valence-electron chi connectivity index (χ4n) is 1.35. The third kappa shape index (κ3) is 2.51. The summed E-state index contributed by atoms with van der Waals surface area (Å²) in [6, 6.07) is 3.25. The van der Waals surface area contributed by atoms with E-state index < -0.39 is 21.6 Å². The van der Waals surface area contributed by atoms with E-state index in [4.69, 9.17) is 22.3 Å². The first-order valence-electron chi connectivity index (χ1n) is 4.40. The second kappa shape index (κ2) is 4.76. The number of H-pyrrole nitrogens is 1. The van der Waals surface area contributed by atoms with Crippen molar-refractivity contribution in [2.75, 3.05) is 0 Å². The molecule has 1 heterocycles. The molecule has 0 aliphatic carbocycles. The van der Waals surface area contributed by atoms with E-state index in [-0.39, 0.29) is 10.6 Å². The topological polar surface area (TPSA) is 32.9 Å². The Morgan fingerprint density at radius 3 is 2.47 bits per heavy atom. The van der Waals surface area contributed by atoms with Crippen LogP contribution in [0.4, 0.5) is 8.78 Å². The minimum atomic E-state index is -1.69. The molecule has 2 aromatic rings. The SMILES string of the molecule is O=S(Cl)c1c[nH]c(-c2cc(Cl)c(F)cc2F)c1. The Labute approximate surface area is 108 Å². The maximum Gasteiger partial charge on any atom is 0.149 e. The first kappa shape index (κ1) is 12.5. The number of hydrogen-bond acceptors (Lipinski definition) is 1. The Morgan fingerprint density at radius 2 is 1.88 bits per heavy atom. The van der Waals surface area contributed by atoms with Crippen LogP contribution in [0.15, 0.2) is 29.3 Å². The van der Waals surface area contributed by atoms with Gasteiger partial charge in [-0.05, 0) is 22.8 Å². The summed E-state index contributed by atoms with van der Waals surface area (Å²) in [7, 11) is 3.69. The predicted molar refractivity (Wildman–Crippen MR) is 63.4 cm³/mol. The monoisotopic (exact) mass is 295 g/mol. The zero-order chi connectivity index (χ0) is 12.6. The van der Waals surface area contributed by atoms with Gasteiger partial charge < -0.3 is 4.98 Å². The first-order chi connectivity index (χ1) is 7.99. The Hall–Kier alpha value is -0.910. The molecule has 0 saturated carbocycles. The lowest BCUT2D eigenvalue weighted by Gasteiger charge is -2.02. The molecule has 17 heavy (non-hydrogen) atoms. The summed E-state index contributed by atoms with van der Waals surface area (Å²) in [6.45, 7) is 0. The molecule has 1 N–H and O–H groups in total. The fraction of sp³-hybridized carbons (Fsp3) is 0. The van der Waals surface area contributed by atoms with Crippen molar-refractivity contribution in [1.82, 2.24) is 4.98 Å². The first-order valence-corrected chi connectivity index (χ1v) is 6.76. The number of aromatic nitrogens is 1. The van der Waals surface area contributed by atoms with Gasteiger partial charge in [-0.3, -0.25) is 0 Å². The minimum absolute atomic E-state index is 0.0877. The largest absolute Gasteiger partial charge is 0.360 e. The smallest absolute Gasteiger partial charge is 0.149 e. The molecular formula is C10H5Cl2F2NOS. The van der Waals surface area contributed by atoms with Crippen LogP contribution in [0.25, 0.3) is 11.3 Å². The number of hydrogen-bond donors (Lipinski definition) is 1. The summed E-state index contributed by atoms with van der Waals surface area (Å²) in [5.41, 5.74) is 0.415. The molecule has 0 aliphatic rings. The highest BCUT2D eigenvalue weighted by atomic mass is 35.7. The Morgan fingerprint density at radius 1 is 1.18 bits per heavy atom. The molecule has 0 radical (unpaired) electrons. The highest BCUT2D eigenvalue weighted by Crippen LogP contribution is 2.28. The van der Waals surface area contributed by atoms with Crippen LogP contribution in [-0.2, 0) is 10.0 Å². The molecule has 0 saturated heterocycles. The Kier molecular flexibility index (Phi) is 3.51. The van der Waals surface area contributed by atoms with Crippen molar-refractivity contribution in [2.45, 2.75) is 4.90 Å². The summed E-state index contributed by atoms with van der Waals surface area (Å²) in [6.07, 6.45) is 1.38. The zero-order valence-corrected chi connectivity index (χ0v) is 10.5. The predicted octanol–water partition coefficient (Wildman–Crippen LogP) is 3.87. The highest BCUT2D eigenvalue weighted by molar-refractivity contribution is 8.08. The molecule has 0 spiro atoms. The molecule has 0 bridgehead atoms.